The number of hydrogen-bond acceptors (Lipinski definition) is 4. The number of rotatable bonds is 8. The average Bonchev–Trinajstić information content (AvgIpc) is 2.80. The van der Waals surface area contributed by atoms with E-state index in [1.54, 1.807) is 11.8 Å². The van der Waals surface area contributed by atoms with Crippen LogP contribution >= 0.6 is 11.8 Å². The number of likely N-dealkylation sites (tertiary alicyclic amines) is 1. The molecule has 0 aromatic heterocycles. The Morgan fingerprint density at radius 2 is 1.81 bits per heavy atom. The van der Waals surface area contributed by atoms with Crippen molar-refractivity contribution in [2.75, 3.05) is 39.5 Å². The number of piperidine rings is 1. The van der Waals surface area contributed by atoms with Gasteiger partial charge in [0.15, 0.2) is 5.17 Å². The Kier molecular flexibility index (Phi) is 9.29. The second kappa shape index (κ2) is 12.2. The van der Waals surface area contributed by atoms with E-state index in [1.165, 1.54) is 50.0 Å². The van der Waals surface area contributed by atoms with Crippen molar-refractivity contribution in [2.45, 2.75) is 45.6 Å². The third-order valence-electron chi connectivity index (χ3n) is 6.19. The molecule has 2 aromatic carbocycles. The molecule has 0 spiro atoms. The molecule has 0 saturated carbocycles. The van der Waals surface area contributed by atoms with Crippen LogP contribution in [0.5, 0.6) is 5.75 Å². The van der Waals surface area contributed by atoms with Gasteiger partial charge in [0.2, 0.25) is 0 Å². The van der Waals surface area contributed by atoms with Gasteiger partial charge in [-0.05, 0) is 87.7 Å². The Hall–Kier alpha value is -1.98. The molecular formula is C26H37N3OS. The number of amidine groups is 1. The topological polar surface area (TPSA) is 28.1 Å². The SMILES string of the molecule is CSC(=Nc1ccccc1)N(C)C1CCN(CCCCOc2ccc(C)c(C)c2)CC1. The number of nitrogens with zero attached hydrogens (tertiary/aromatic N) is 3. The van der Waals surface area contributed by atoms with Crippen LogP contribution in [0, 0.1) is 13.8 Å². The number of benzene rings is 2. The van der Waals surface area contributed by atoms with Crippen molar-refractivity contribution >= 4 is 22.6 Å². The molecule has 1 heterocycles. The molecule has 1 aliphatic rings. The van der Waals surface area contributed by atoms with Crippen molar-refractivity contribution in [3.63, 3.8) is 0 Å². The number of para-hydroxylation sites is 1. The lowest BCUT2D eigenvalue weighted by Gasteiger charge is -2.37. The van der Waals surface area contributed by atoms with Crippen molar-refractivity contribution in [2.24, 2.45) is 4.99 Å². The van der Waals surface area contributed by atoms with Crippen LogP contribution in [-0.2, 0) is 0 Å². The van der Waals surface area contributed by atoms with Gasteiger partial charge in [0.05, 0.1) is 12.3 Å². The normalized spacial score (nSPS) is 15.8. The summed E-state index contributed by atoms with van der Waals surface area (Å²) < 4.78 is 5.93. The van der Waals surface area contributed by atoms with Gasteiger partial charge in [-0.2, -0.15) is 0 Å². The molecule has 2 aromatic rings. The van der Waals surface area contributed by atoms with Crippen molar-refractivity contribution in [1.29, 1.82) is 0 Å². The van der Waals surface area contributed by atoms with E-state index >= 15 is 0 Å². The fraction of sp³-hybridized carbons (Fsp3) is 0.500. The van der Waals surface area contributed by atoms with E-state index in [0.717, 1.165) is 29.6 Å². The van der Waals surface area contributed by atoms with Gasteiger partial charge in [-0.1, -0.05) is 36.0 Å². The minimum absolute atomic E-state index is 0.569. The summed E-state index contributed by atoms with van der Waals surface area (Å²) in [5.41, 5.74) is 3.64. The predicted molar refractivity (Wildman–Crippen MR) is 135 cm³/mol. The molecule has 31 heavy (non-hydrogen) atoms. The lowest BCUT2D eigenvalue weighted by Crippen LogP contribution is -2.45. The van der Waals surface area contributed by atoms with Crippen molar-refractivity contribution in [3.8, 4) is 5.75 Å². The van der Waals surface area contributed by atoms with E-state index < -0.39 is 0 Å². The summed E-state index contributed by atoms with van der Waals surface area (Å²) in [6.07, 6.45) is 6.81. The molecule has 1 saturated heterocycles. The van der Waals surface area contributed by atoms with Crippen LogP contribution in [0.15, 0.2) is 53.5 Å². The quantitative estimate of drug-likeness (QED) is 0.290. The Labute approximate surface area is 192 Å². The first kappa shape index (κ1) is 23.7. The Bertz CT molecular complexity index is 832. The lowest BCUT2D eigenvalue weighted by molar-refractivity contribution is 0.162. The third-order valence-corrected chi connectivity index (χ3v) is 6.93. The standard InChI is InChI=1S/C26H37N3OS/c1-21-12-13-25(20-22(21)2)30-19-9-8-16-29-17-14-24(15-18-29)28(3)26(31-4)27-23-10-6-5-7-11-23/h5-7,10-13,20,24H,8-9,14-19H2,1-4H3. The monoisotopic (exact) mass is 439 g/mol. The van der Waals surface area contributed by atoms with Crippen LogP contribution in [0.2, 0.25) is 0 Å². The molecule has 1 aliphatic heterocycles. The Balaban J connectivity index is 1.36. The van der Waals surface area contributed by atoms with Crippen LogP contribution in [0.25, 0.3) is 0 Å². The van der Waals surface area contributed by atoms with Crippen LogP contribution in [0.4, 0.5) is 5.69 Å². The summed E-state index contributed by atoms with van der Waals surface area (Å²) in [5, 5.41) is 1.10. The summed E-state index contributed by atoms with van der Waals surface area (Å²) in [7, 11) is 2.20. The zero-order valence-electron chi connectivity index (χ0n) is 19.5. The maximum absolute atomic E-state index is 5.93. The molecule has 0 bridgehead atoms. The molecule has 168 valence electrons. The molecule has 1 fully saturated rings. The molecule has 4 nitrogen and oxygen atoms in total. The predicted octanol–water partition coefficient (Wildman–Crippen LogP) is 5.91. The van der Waals surface area contributed by atoms with Gasteiger partial charge in [-0.15, -0.1) is 0 Å². The number of unbranched alkanes of at least 4 members (excludes halogenated alkanes) is 1. The van der Waals surface area contributed by atoms with Crippen molar-refractivity contribution < 1.29 is 4.74 Å². The van der Waals surface area contributed by atoms with Crippen molar-refractivity contribution in [3.05, 3.63) is 59.7 Å². The molecular weight excluding hydrogens is 402 g/mol. The number of hydrogen-bond donors (Lipinski definition) is 0. The van der Waals surface area contributed by atoms with Gasteiger partial charge in [-0.3, -0.25) is 0 Å². The number of ether oxygens (including phenoxy) is 1. The van der Waals surface area contributed by atoms with E-state index in [-0.39, 0.29) is 0 Å². The first-order valence-electron chi connectivity index (χ1n) is 11.4. The van der Waals surface area contributed by atoms with E-state index in [9.17, 15) is 0 Å². The third kappa shape index (κ3) is 7.29. The number of aryl methyl sites for hydroxylation is 2. The van der Waals surface area contributed by atoms with Gasteiger partial charge in [0.1, 0.15) is 5.75 Å². The summed E-state index contributed by atoms with van der Waals surface area (Å²) in [4.78, 5) is 9.84. The second-order valence-electron chi connectivity index (χ2n) is 8.42. The summed E-state index contributed by atoms with van der Waals surface area (Å²) in [6.45, 7) is 8.58. The summed E-state index contributed by atoms with van der Waals surface area (Å²) >= 11 is 1.73. The highest BCUT2D eigenvalue weighted by Gasteiger charge is 2.24. The molecule has 3 rings (SSSR count). The van der Waals surface area contributed by atoms with E-state index in [2.05, 4.69) is 67.3 Å². The molecule has 0 unspecified atom stereocenters. The van der Waals surface area contributed by atoms with Crippen LogP contribution in [0.3, 0.4) is 0 Å². The lowest BCUT2D eigenvalue weighted by atomic mass is 10.0. The first-order valence-corrected chi connectivity index (χ1v) is 12.6. The maximum atomic E-state index is 5.93. The van der Waals surface area contributed by atoms with Crippen LogP contribution < -0.4 is 4.74 Å². The molecule has 0 amide bonds. The van der Waals surface area contributed by atoms with Gasteiger partial charge in [0.25, 0.3) is 0 Å². The zero-order chi connectivity index (χ0) is 22.1. The second-order valence-corrected chi connectivity index (χ2v) is 9.19. The fourth-order valence-electron chi connectivity index (χ4n) is 4.00. The zero-order valence-corrected chi connectivity index (χ0v) is 20.3. The highest BCUT2D eigenvalue weighted by Crippen LogP contribution is 2.22. The van der Waals surface area contributed by atoms with E-state index in [4.69, 9.17) is 9.73 Å². The first-order chi connectivity index (χ1) is 15.1. The number of thioether (sulfide) groups is 1. The number of aliphatic imine (C=N–C) groups is 1. The molecule has 0 N–H and O–H groups in total. The molecule has 0 atom stereocenters. The van der Waals surface area contributed by atoms with E-state index in [0.29, 0.717) is 6.04 Å². The van der Waals surface area contributed by atoms with Crippen LogP contribution in [-0.4, -0.2) is 60.6 Å². The molecule has 5 heteroatoms. The summed E-state index contributed by atoms with van der Waals surface area (Å²) in [5.74, 6) is 0.994. The van der Waals surface area contributed by atoms with Gasteiger partial charge >= 0.3 is 0 Å². The fourth-order valence-corrected chi connectivity index (χ4v) is 4.63. The van der Waals surface area contributed by atoms with Crippen LogP contribution in [0.1, 0.15) is 36.8 Å². The highest BCUT2D eigenvalue weighted by molar-refractivity contribution is 8.13. The molecule has 0 radical (unpaired) electrons. The molecule has 0 aliphatic carbocycles. The average molecular weight is 440 g/mol. The maximum Gasteiger partial charge on any atom is 0.164 e. The van der Waals surface area contributed by atoms with Crippen molar-refractivity contribution in [1.82, 2.24) is 9.80 Å². The Morgan fingerprint density at radius 3 is 2.48 bits per heavy atom. The minimum atomic E-state index is 0.569. The smallest absolute Gasteiger partial charge is 0.164 e. The minimum Gasteiger partial charge on any atom is -0.494 e. The Morgan fingerprint density at radius 1 is 1.06 bits per heavy atom. The summed E-state index contributed by atoms with van der Waals surface area (Å²) in [6, 6.07) is 17.2. The largest absolute Gasteiger partial charge is 0.494 e. The van der Waals surface area contributed by atoms with Gasteiger partial charge < -0.3 is 14.5 Å². The van der Waals surface area contributed by atoms with E-state index in [1.807, 2.05) is 18.2 Å². The van der Waals surface area contributed by atoms with Gasteiger partial charge in [-0.25, -0.2) is 4.99 Å². The highest BCUT2D eigenvalue weighted by atomic mass is 32.2. The van der Waals surface area contributed by atoms with Gasteiger partial charge in [0, 0.05) is 26.2 Å².